The van der Waals surface area contributed by atoms with Crippen molar-refractivity contribution < 1.29 is 9.53 Å². The van der Waals surface area contributed by atoms with E-state index < -0.39 is 0 Å². The van der Waals surface area contributed by atoms with Crippen molar-refractivity contribution in [3.63, 3.8) is 0 Å². The van der Waals surface area contributed by atoms with E-state index in [0.29, 0.717) is 16.9 Å². The standard InChI is InChI=1S/C19H18N2O3S/c1-24-15-8-6-13(7-9-15)21-19(23)12-25-11-14-10-18(22)16-4-2-3-5-17(16)20-14/h2-10H,11-12H2,1H3,(H,20,22)(H,21,23). The molecule has 0 saturated heterocycles. The van der Waals surface area contributed by atoms with E-state index in [1.54, 1.807) is 43.5 Å². The lowest BCUT2D eigenvalue weighted by atomic mass is 10.2. The number of benzene rings is 2. The van der Waals surface area contributed by atoms with Crippen LogP contribution in [0.5, 0.6) is 5.75 Å². The van der Waals surface area contributed by atoms with E-state index in [-0.39, 0.29) is 11.3 Å². The highest BCUT2D eigenvalue weighted by molar-refractivity contribution is 7.99. The SMILES string of the molecule is COc1ccc(NC(=O)CSCc2cc(=O)c3ccccc3[nH]2)cc1. The molecule has 1 aromatic heterocycles. The Labute approximate surface area is 149 Å². The molecule has 0 saturated carbocycles. The number of para-hydroxylation sites is 1. The number of rotatable bonds is 6. The van der Waals surface area contributed by atoms with Gasteiger partial charge in [0.15, 0.2) is 5.43 Å². The van der Waals surface area contributed by atoms with Gasteiger partial charge in [-0.3, -0.25) is 9.59 Å². The van der Waals surface area contributed by atoms with Crippen molar-refractivity contribution in [1.29, 1.82) is 0 Å². The Kier molecular flexibility index (Phi) is 5.40. The van der Waals surface area contributed by atoms with E-state index in [1.165, 1.54) is 11.8 Å². The van der Waals surface area contributed by atoms with E-state index in [4.69, 9.17) is 4.74 Å². The summed E-state index contributed by atoms with van der Waals surface area (Å²) in [6.07, 6.45) is 0. The van der Waals surface area contributed by atoms with Crippen LogP contribution in [0.15, 0.2) is 59.4 Å². The highest BCUT2D eigenvalue weighted by Gasteiger charge is 2.05. The van der Waals surface area contributed by atoms with E-state index in [1.807, 2.05) is 18.2 Å². The Morgan fingerprint density at radius 3 is 2.68 bits per heavy atom. The van der Waals surface area contributed by atoms with Gasteiger partial charge in [-0.25, -0.2) is 0 Å². The molecular formula is C19H18N2O3S. The number of fused-ring (bicyclic) bond motifs is 1. The van der Waals surface area contributed by atoms with Crippen molar-refractivity contribution in [2.24, 2.45) is 0 Å². The van der Waals surface area contributed by atoms with Gasteiger partial charge in [-0.15, -0.1) is 11.8 Å². The molecule has 0 fully saturated rings. The Balaban J connectivity index is 1.55. The van der Waals surface area contributed by atoms with Crippen molar-refractivity contribution in [3.8, 4) is 5.75 Å². The number of hydrogen-bond acceptors (Lipinski definition) is 4. The van der Waals surface area contributed by atoms with Gasteiger partial charge in [-0.2, -0.15) is 0 Å². The maximum atomic E-state index is 12.1. The lowest BCUT2D eigenvalue weighted by molar-refractivity contribution is -0.113. The molecule has 0 atom stereocenters. The maximum Gasteiger partial charge on any atom is 0.234 e. The predicted octanol–water partition coefficient (Wildman–Crippen LogP) is 3.41. The molecule has 0 bridgehead atoms. The molecule has 1 heterocycles. The van der Waals surface area contributed by atoms with E-state index in [9.17, 15) is 9.59 Å². The minimum Gasteiger partial charge on any atom is -0.497 e. The first-order valence-corrected chi connectivity index (χ1v) is 8.94. The van der Waals surface area contributed by atoms with Gasteiger partial charge in [0.1, 0.15) is 5.75 Å². The quantitative estimate of drug-likeness (QED) is 0.712. The van der Waals surface area contributed by atoms with Crippen molar-refractivity contribution in [2.75, 3.05) is 18.2 Å². The Hall–Kier alpha value is -2.73. The lowest BCUT2D eigenvalue weighted by Gasteiger charge is -2.07. The molecule has 128 valence electrons. The van der Waals surface area contributed by atoms with Crippen LogP contribution in [0.25, 0.3) is 10.9 Å². The summed E-state index contributed by atoms with van der Waals surface area (Å²) in [5.41, 5.74) is 2.34. The number of carbonyl (C=O) groups is 1. The number of amides is 1. The molecule has 0 aliphatic carbocycles. The number of aromatic nitrogens is 1. The molecule has 2 aromatic carbocycles. The summed E-state index contributed by atoms with van der Waals surface area (Å²) in [6.45, 7) is 0. The van der Waals surface area contributed by atoms with Crippen molar-refractivity contribution in [2.45, 2.75) is 5.75 Å². The number of methoxy groups -OCH3 is 1. The van der Waals surface area contributed by atoms with Crippen molar-refractivity contribution in [1.82, 2.24) is 4.98 Å². The second-order valence-electron chi connectivity index (χ2n) is 5.47. The van der Waals surface area contributed by atoms with Crippen LogP contribution < -0.4 is 15.5 Å². The number of carbonyl (C=O) groups excluding carboxylic acids is 1. The summed E-state index contributed by atoms with van der Waals surface area (Å²) in [4.78, 5) is 27.3. The molecule has 3 aromatic rings. The van der Waals surface area contributed by atoms with Gasteiger partial charge in [0, 0.05) is 34.1 Å². The zero-order chi connectivity index (χ0) is 17.6. The van der Waals surface area contributed by atoms with Crippen molar-refractivity contribution in [3.05, 3.63) is 70.5 Å². The lowest BCUT2D eigenvalue weighted by Crippen LogP contribution is -2.14. The number of nitrogens with one attached hydrogen (secondary N) is 2. The molecular weight excluding hydrogens is 336 g/mol. The van der Waals surface area contributed by atoms with Crippen LogP contribution in [0, 0.1) is 0 Å². The zero-order valence-corrected chi connectivity index (χ0v) is 14.6. The highest BCUT2D eigenvalue weighted by Crippen LogP contribution is 2.16. The Bertz CT molecular complexity index is 935. The fraction of sp³-hybridized carbons (Fsp3) is 0.158. The molecule has 0 unspecified atom stereocenters. The topological polar surface area (TPSA) is 71.2 Å². The molecule has 0 aliphatic heterocycles. The average molecular weight is 354 g/mol. The van der Waals surface area contributed by atoms with E-state index in [2.05, 4.69) is 10.3 Å². The van der Waals surface area contributed by atoms with Crippen LogP contribution in [-0.4, -0.2) is 23.8 Å². The molecule has 1 amide bonds. The first-order chi connectivity index (χ1) is 12.2. The van der Waals surface area contributed by atoms with Crippen LogP contribution in [0.1, 0.15) is 5.69 Å². The minimum absolute atomic E-state index is 0.00682. The largest absolute Gasteiger partial charge is 0.497 e. The monoisotopic (exact) mass is 354 g/mol. The highest BCUT2D eigenvalue weighted by atomic mass is 32.2. The summed E-state index contributed by atoms with van der Waals surface area (Å²) in [6, 6.07) is 16.2. The molecule has 0 aliphatic rings. The number of pyridine rings is 1. The fourth-order valence-corrected chi connectivity index (χ4v) is 3.19. The molecule has 2 N–H and O–H groups in total. The van der Waals surface area contributed by atoms with Crippen LogP contribution >= 0.6 is 11.8 Å². The Morgan fingerprint density at radius 1 is 1.16 bits per heavy atom. The summed E-state index contributed by atoms with van der Waals surface area (Å²) < 4.78 is 5.08. The normalized spacial score (nSPS) is 10.6. The summed E-state index contributed by atoms with van der Waals surface area (Å²) >= 11 is 1.45. The van der Waals surface area contributed by atoms with Crippen LogP contribution in [0.3, 0.4) is 0 Å². The third-order valence-electron chi connectivity index (χ3n) is 3.66. The number of anilines is 1. The molecule has 3 rings (SSSR count). The third kappa shape index (κ3) is 4.42. The van der Waals surface area contributed by atoms with Crippen LogP contribution in [-0.2, 0) is 10.5 Å². The zero-order valence-electron chi connectivity index (χ0n) is 13.7. The number of aromatic amines is 1. The van der Waals surface area contributed by atoms with Gasteiger partial charge in [-0.05, 0) is 36.4 Å². The third-order valence-corrected chi connectivity index (χ3v) is 4.64. The first kappa shape index (κ1) is 17.1. The average Bonchev–Trinajstić information content (AvgIpc) is 2.62. The van der Waals surface area contributed by atoms with Gasteiger partial charge in [-0.1, -0.05) is 12.1 Å². The van der Waals surface area contributed by atoms with Gasteiger partial charge in [0.2, 0.25) is 5.91 Å². The summed E-state index contributed by atoms with van der Waals surface area (Å²) in [7, 11) is 1.60. The maximum absolute atomic E-state index is 12.1. The van der Waals surface area contributed by atoms with E-state index in [0.717, 1.165) is 22.6 Å². The second kappa shape index (κ2) is 7.90. The summed E-state index contributed by atoms with van der Waals surface area (Å²) in [5.74, 6) is 1.53. The van der Waals surface area contributed by atoms with Gasteiger partial charge >= 0.3 is 0 Å². The molecule has 0 spiro atoms. The Morgan fingerprint density at radius 2 is 1.92 bits per heavy atom. The van der Waals surface area contributed by atoms with E-state index >= 15 is 0 Å². The van der Waals surface area contributed by atoms with Gasteiger partial charge in [0.05, 0.1) is 12.9 Å². The molecule has 5 nitrogen and oxygen atoms in total. The fourth-order valence-electron chi connectivity index (χ4n) is 2.45. The van der Waals surface area contributed by atoms with Gasteiger partial charge in [0.25, 0.3) is 0 Å². The number of H-pyrrole nitrogens is 1. The number of hydrogen-bond donors (Lipinski definition) is 2. The molecule has 25 heavy (non-hydrogen) atoms. The molecule has 0 radical (unpaired) electrons. The predicted molar refractivity (Wildman–Crippen MR) is 102 cm³/mol. The van der Waals surface area contributed by atoms with Crippen molar-refractivity contribution >= 4 is 34.3 Å². The summed E-state index contributed by atoms with van der Waals surface area (Å²) in [5, 5.41) is 3.51. The molecule has 6 heteroatoms. The number of thioether (sulfide) groups is 1. The van der Waals surface area contributed by atoms with Crippen LogP contribution in [0.4, 0.5) is 5.69 Å². The first-order valence-electron chi connectivity index (χ1n) is 7.78. The minimum atomic E-state index is -0.0849. The smallest absolute Gasteiger partial charge is 0.234 e. The van der Waals surface area contributed by atoms with Crippen LogP contribution in [0.2, 0.25) is 0 Å². The second-order valence-corrected chi connectivity index (χ2v) is 6.46. The van der Waals surface area contributed by atoms with Gasteiger partial charge < -0.3 is 15.0 Å². The number of ether oxygens (including phenoxy) is 1.